The van der Waals surface area contributed by atoms with E-state index in [9.17, 15) is 4.39 Å². The first-order valence-electron chi connectivity index (χ1n) is 5.71. The molecule has 102 valence electrons. The first-order chi connectivity index (χ1) is 9.60. The van der Waals surface area contributed by atoms with Gasteiger partial charge in [-0.25, -0.2) is 4.39 Å². The quantitative estimate of drug-likeness (QED) is 0.708. The Morgan fingerprint density at radius 1 is 1.35 bits per heavy atom. The van der Waals surface area contributed by atoms with Crippen LogP contribution in [-0.2, 0) is 0 Å². The normalized spacial score (nSPS) is 10.9. The summed E-state index contributed by atoms with van der Waals surface area (Å²) >= 11 is 8.41. The maximum atomic E-state index is 13.7. The van der Waals surface area contributed by atoms with E-state index in [0.29, 0.717) is 26.5 Å². The molecular weight excluding hydrogens is 345 g/mol. The summed E-state index contributed by atoms with van der Waals surface area (Å²) in [7, 11) is 1.54. The standard InChI is InChI=1S/C13H9BrFN3OS/c1-19-11-5-4-10-12(17-11)18(13(20)16-10)7-2-3-8(14)9(15)6-7/h2-6H,1H3,(H,16,20). The summed E-state index contributed by atoms with van der Waals surface area (Å²) in [6.07, 6.45) is 0. The van der Waals surface area contributed by atoms with Crippen molar-refractivity contribution in [2.24, 2.45) is 0 Å². The molecule has 0 saturated heterocycles. The lowest BCUT2D eigenvalue weighted by atomic mass is 10.3. The van der Waals surface area contributed by atoms with Crippen LogP contribution in [0.1, 0.15) is 0 Å². The second-order valence-electron chi connectivity index (χ2n) is 4.09. The molecule has 0 atom stereocenters. The molecule has 1 N–H and O–H groups in total. The Morgan fingerprint density at radius 2 is 2.15 bits per heavy atom. The molecule has 0 radical (unpaired) electrons. The number of nitrogens with one attached hydrogen (secondary N) is 1. The minimum atomic E-state index is -0.360. The highest BCUT2D eigenvalue weighted by Gasteiger charge is 2.11. The van der Waals surface area contributed by atoms with Gasteiger partial charge in [0.05, 0.1) is 22.8 Å². The van der Waals surface area contributed by atoms with E-state index in [-0.39, 0.29) is 5.82 Å². The smallest absolute Gasteiger partial charge is 0.215 e. The van der Waals surface area contributed by atoms with Crippen LogP contribution in [0.2, 0.25) is 0 Å². The highest BCUT2D eigenvalue weighted by Crippen LogP contribution is 2.23. The highest BCUT2D eigenvalue weighted by molar-refractivity contribution is 9.10. The van der Waals surface area contributed by atoms with Gasteiger partial charge in [0.1, 0.15) is 5.82 Å². The van der Waals surface area contributed by atoms with Crippen molar-refractivity contribution in [2.45, 2.75) is 0 Å². The van der Waals surface area contributed by atoms with Gasteiger partial charge in [-0.3, -0.25) is 4.57 Å². The van der Waals surface area contributed by atoms with Crippen LogP contribution < -0.4 is 4.74 Å². The zero-order valence-corrected chi connectivity index (χ0v) is 12.8. The fraction of sp³-hybridized carbons (Fsp3) is 0.0769. The topological polar surface area (TPSA) is 42.8 Å². The maximum absolute atomic E-state index is 13.7. The molecule has 3 aromatic rings. The summed E-state index contributed by atoms with van der Waals surface area (Å²) in [6.45, 7) is 0. The predicted octanol–water partition coefficient (Wildman–Crippen LogP) is 3.99. The zero-order valence-electron chi connectivity index (χ0n) is 10.4. The molecule has 0 saturated carbocycles. The fourth-order valence-corrected chi connectivity index (χ4v) is 2.49. The van der Waals surface area contributed by atoms with Crippen molar-refractivity contribution in [3.63, 3.8) is 0 Å². The van der Waals surface area contributed by atoms with Gasteiger partial charge in [-0.2, -0.15) is 4.98 Å². The summed E-state index contributed by atoms with van der Waals surface area (Å²) in [5.74, 6) is 0.111. The van der Waals surface area contributed by atoms with Gasteiger partial charge >= 0.3 is 0 Å². The number of pyridine rings is 1. The first kappa shape index (κ1) is 13.3. The molecule has 4 nitrogen and oxygen atoms in total. The Bertz CT molecular complexity index is 858. The lowest BCUT2D eigenvalue weighted by molar-refractivity contribution is 0.399. The van der Waals surface area contributed by atoms with Gasteiger partial charge in [0.25, 0.3) is 0 Å². The molecule has 2 aromatic heterocycles. The molecule has 0 bridgehead atoms. The molecule has 0 aliphatic carbocycles. The predicted molar refractivity (Wildman–Crippen MR) is 80.5 cm³/mol. The van der Waals surface area contributed by atoms with Gasteiger partial charge in [-0.05, 0) is 52.4 Å². The van der Waals surface area contributed by atoms with E-state index in [2.05, 4.69) is 25.9 Å². The van der Waals surface area contributed by atoms with Gasteiger partial charge in [0.15, 0.2) is 10.4 Å². The number of aromatic amines is 1. The SMILES string of the molecule is COc1ccc2[nH]c(=S)n(-c3ccc(Br)c(F)c3)c2n1. The Balaban J connectivity index is 2.31. The molecule has 0 unspecified atom stereocenters. The van der Waals surface area contributed by atoms with E-state index in [0.717, 1.165) is 5.52 Å². The fourth-order valence-electron chi connectivity index (χ4n) is 1.94. The Kier molecular flexibility index (Phi) is 3.31. The molecule has 1 aromatic carbocycles. The number of H-pyrrole nitrogens is 1. The Labute approximate surface area is 127 Å². The number of benzene rings is 1. The van der Waals surface area contributed by atoms with Gasteiger partial charge in [-0.1, -0.05) is 0 Å². The van der Waals surface area contributed by atoms with E-state index >= 15 is 0 Å². The monoisotopic (exact) mass is 353 g/mol. The van der Waals surface area contributed by atoms with Crippen LogP contribution in [0.5, 0.6) is 5.88 Å². The van der Waals surface area contributed by atoms with E-state index in [1.165, 1.54) is 6.07 Å². The minimum Gasteiger partial charge on any atom is -0.481 e. The van der Waals surface area contributed by atoms with Crippen LogP contribution in [0.15, 0.2) is 34.8 Å². The average molecular weight is 354 g/mol. The number of halogens is 2. The first-order valence-corrected chi connectivity index (χ1v) is 6.91. The number of hydrogen-bond donors (Lipinski definition) is 1. The number of nitrogens with zero attached hydrogens (tertiary/aromatic N) is 2. The van der Waals surface area contributed by atoms with Gasteiger partial charge < -0.3 is 9.72 Å². The number of ether oxygens (including phenoxy) is 1. The molecular formula is C13H9BrFN3OS. The summed E-state index contributed by atoms with van der Waals surface area (Å²) in [5, 5.41) is 0. The zero-order chi connectivity index (χ0) is 14.3. The third-order valence-corrected chi connectivity index (χ3v) is 3.80. The van der Waals surface area contributed by atoms with Crippen LogP contribution in [0.25, 0.3) is 16.9 Å². The average Bonchev–Trinajstić information content (AvgIpc) is 2.77. The lowest BCUT2D eigenvalue weighted by Gasteiger charge is -2.05. The van der Waals surface area contributed by atoms with E-state index in [1.54, 1.807) is 29.9 Å². The van der Waals surface area contributed by atoms with Crippen LogP contribution in [0, 0.1) is 10.6 Å². The largest absolute Gasteiger partial charge is 0.481 e. The number of fused-ring (bicyclic) bond motifs is 1. The summed E-state index contributed by atoms with van der Waals surface area (Å²) in [4.78, 5) is 7.39. The van der Waals surface area contributed by atoms with Gasteiger partial charge in [0.2, 0.25) is 5.88 Å². The maximum Gasteiger partial charge on any atom is 0.215 e. The molecule has 2 heterocycles. The summed E-state index contributed by atoms with van der Waals surface area (Å²) in [5.41, 5.74) is 1.96. The number of hydrogen-bond acceptors (Lipinski definition) is 3. The molecule has 3 rings (SSSR count). The van der Waals surface area contributed by atoms with Crippen molar-refractivity contribution in [3.05, 3.63) is 45.4 Å². The number of methoxy groups -OCH3 is 1. The molecule has 0 spiro atoms. The van der Waals surface area contributed by atoms with Crippen molar-refractivity contribution >= 4 is 39.3 Å². The second-order valence-corrected chi connectivity index (χ2v) is 5.33. The van der Waals surface area contributed by atoms with Crippen LogP contribution in [0.4, 0.5) is 4.39 Å². The minimum absolute atomic E-state index is 0.360. The van der Waals surface area contributed by atoms with Crippen molar-refractivity contribution in [1.29, 1.82) is 0 Å². The van der Waals surface area contributed by atoms with E-state index in [1.807, 2.05) is 6.07 Å². The summed E-state index contributed by atoms with van der Waals surface area (Å²) in [6, 6.07) is 8.35. The molecule has 0 fully saturated rings. The molecule has 0 aliphatic rings. The third kappa shape index (κ3) is 2.12. The van der Waals surface area contributed by atoms with E-state index < -0.39 is 0 Å². The Morgan fingerprint density at radius 3 is 2.85 bits per heavy atom. The van der Waals surface area contributed by atoms with Crippen LogP contribution in [0.3, 0.4) is 0 Å². The highest BCUT2D eigenvalue weighted by atomic mass is 79.9. The van der Waals surface area contributed by atoms with Crippen LogP contribution >= 0.6 is 28.1 Å². The molecule has 0 aliphatic heterocycles. The van der Waals surface area contributed by atoms with Gasteiger partial charge in [0, 0.05) is 6.07 Å². The van der Waals surface area contributed by atoms with Crippen molar-refractivity contribution < 1.29 is 9.13 Å². The number of imidazole rings is 1. The number of rotatable bonds is 2. The molecule has 20 heavy (non-hydrogen) atoms. The van der Waals surface area contributed by atoms with Crippen molar-refractivity contribution in [1.82, 2.24) is 14.5 Å². The van der Waals surface area contributed by atoms with Crippen LogP contribution in [-0.4, -0.2) is 21.6 Å². The number of aromatic nitrogens is 3. The molecule has 7 heteroatoms. The van der Waals surface area contributed by atoms with Crippen molar-refractivity contribution in [2.75, 3.05) is 7.11 Å². The third-order valence-electron chi connectivity index (χ3n) is 2.88. The molecule has 0 amide bonds. The Hall–Kier alpha value is -1.73. The second kappa shape index (κ2) is 4.99. The summed E-state index contributed by atoms with van der Waals surface area (Å²) < 4.78 is 21.3. The van der Waals surface area contributed by atoms with E-state index in [4.69, 9.17) is 17.0 Å². The van der Waals surface area contributed by atoms with Crippen molar-refractivity contribution in [3.8, 4) is 11.6 Å². The van der Waals surface area contributed by atoms with Gasteiger partial charge in [-0.15, -0.1) is 0 Å². The lowest BCUT2D eigenvalue weighted by Crippen LogP contribution is -1.97.